The molecule has 1 aromatic heterocycles. The van der Waals surface area contributed by atoms with Crippen molar-refractivity contribution in [2.45, 2.75) is 40.2 Å². The monoisotopic (exact) mass is 445 g/mol. The molecule has 3 aromatic rings. The summed E-state index contributed by atoms with van der Waals surface area (Å²) in [6, 6.07) is 15.8. The van der Waals surface area contributed by atoms with Crippen LogP contribution in [0.15, 0.2) is 48.5 Å². The molecule has 2 amide bonds. The molecule has 1 N–H and O–H groups in total. The molecule has 0 bridgehead atoms. The lowest BCUT2D eigenvalue weighted by molar-refractivity contribution is -0.117. The van der Waals surface area contributed by atoms with Crippen LogP contribution >= 0.6 is 0 Å². The second-order valence-corrected chi connectivity index (χ2v) is 8.87. The summed E-state index contributed by atoms with van der Waals surface area (Å²) in [5.74, 6) is -0.0663. The molecule has 2 heterocycles. The Hall–Kier alpha value is -3.45. The van der Waals surface area contributed by atoms with Crippen LogP contribution in [-0.4, -0.2) is 47.8 Å². The third-order valence-electron chi connectivity index (χ3n) is 6.08. The molecule has 0 radical (unpaired) electrons. The summed E-state index contributed by atoms with van der Waals surface area (Å²) in [4.78, 5) is 29.4. The molecule has 0 fully saturated rings. The van der Waals surface area contributed by atoms with E-state index in [1.807, 2.05) is 76.2 Å². The van der Waals surface area contributed by atoms with E-state index in [4.69, 9.17) is 0 Å². The first-order chi connectivity index (χ1) is 15.8. The van der Waals surface area contributed by atoms with E-state index in [9.17, 15) is 9.59 Å². The molecule has 0 atom stereocenters. The molecule has 0 saturated heterocycles. The Morgan fingerprint density at radius 1 is 1.06 bits per heavy atom. The second kappa shape index (κ2) is 9.19. The van der Waals surface area contributed by atoms with Crippen LogP contribution in [0, 0.1) is 13.8 Å². The number of aromatic nitrogens is 2. The molecule has 7 nitrogen and oxygen atoms in total. The van der Waals surface area contributed by atoms with Gasteiger partial charge in [-0.2, -0.15) is 5.10 Å². The Morgan fingerprint density at radius 3 is 2.33 bits per heavy atom. The van der Waals surface area contributed by atoms with Crippen molar-refractivity contribution in [1.82, 2.24) is 15.1 Å². The number of hydrogen-bond acceptors (Lipinski definition) is 4. The quantitative estimate of drug-likeness (QED) is 0.629. The van der Waals surface area contributed by atoms with Crippen LogP contribution in [0.4, 0.5) is 11.4 Å². The van der Waals surface area contributed by atoms with Crippen molar-refractivity contribution < 1.29 is 9.59 Å². The molecule has 1 aliphatic rings. The van der Waals surface area contributed by atoms with Gasteiger partial charge in [0, 0.05) is 36.6 Å². The Labute approximate surface area is 195 Å². The minimum atomic E-state index is -0.0595. The number of fused-ring (bicyclic) bond motifs is 1. The maximum Gasteiger partial charge on any atom is 0.277 e. The minimum absolute atomic E-state index is 0.00684. The van der Waals surface area contributed by atoms with Crippen LogP contribution in [0.3, 0.4) is 0 Å². The average Bonchev–Trinajstić information content (AvgIpc) is 3.15. The smallest absolute Gasteiger partial charge is 0.277 e. The highest BCUT2D eigenvalue weighted by Crippen LogP contribution is 2.29. The maximum atomic E-state index is 13.6. The molecule has 0 spiro atoms. The predicted molar refractivity (Wildman–Crippen MR) is 131 cm³/mol. The van der Waals surface area contributed by atoms with Gasteiger partial charge in [-0.15, -0.1) is 0 Å². The molecule has 0 saturated carbocycles. The molecule has 0 unspecified atom stereocenters. The number of likely N-dealkylation sites (N-methyl/N-ethyl adjacent to an activating group) is 1. The van der Waals surface area contributed by atoms with Crippen molar-refractivity contribution in [3.63, 3.8) is 0 Å². The van der Waals surface area contributed by atoms with Gasteiger partial charge in [0.2, 0.25) is 5.91 Å². The lowest BCUT2D eigenvalue weighted by atomic mass is 10.0. The zero-order chi connectivity index (χ0) is 23.7. The molecule has 7 heteroatoms. The Kier molecular flexibility index (Phi) is 6.33. The van der Waals surface area contributed by atoms with Gasteiger partial charge < -0.3 is 15.1 Å². The zero-order valence-electron chi connectivity index (χ0n) is 19.9. The van der Waals surface area contributed by atoms with Gasteiger partial charge in [-0.3, -0.25) is 9.59 Å². The van der Waals surface area contributed by atoms with Crippen LogP contribution in [0.5, 0.6) is 0 Å². The number of nitrogens with zero attached hydrogens (tertiary/aromatic N) is 4. The molecule has 2 aromatic carbocycles. The molecule has 0 aliphatic carbocycles. The van der Waals surface area contributed by atoms with Crippen molar-refractivity contribution in [1.29, 1.82) is 0 Å². The van der Waals surface area contributed by atoms with Gasteiger partial charge in [-0.25, -0.2) is 4.68 Å². The van der Waals surface area contributed by atoms with E-state index in [1.54, 1.807) is 21.5 Å². The topological polar surface area (TPSA) is 70.5 Å². The van der Waals surface area contributed by atoms with Crippen LogP contribution < -0.4 is 15.1 Å². The van der Waals surface area contributed by atoms with Crippen LogP contribution in [0.2, 0.25) is 0 Å². The lowest BCUT2D eigenvalue weighted by Gasteiger charge is -2.28. The van der Waals surface area contributed by atoms with Crippen molar-refractivity contribution in [2.24, 2.45) is 0 Å². The van der Waals surface area contributed by atoms with Crippen molar-refractivity contribution in [3.05, 3.63) is 71.0 Å². The SMILES string of the molecule is Cc1ccc(-n2nc(C)c3c2C(=O)N(c2ccc(N(C)C(=O)CNC(C)C)cc2)CC3)cc1. The first-order valence-electron chi connectivity index (χ1n) is 11.3. The Balaban J connectivity index is 1.57. The Morgan fingerprint density at radius 2 is 1.70 bits per heavy atom. The highest BCUT2D eigenvalue weighted by Gasteiger charge is 2.32. The summed E-state index contributed by atoms with van der Waals surface area (Å²) >= 11 is 0. The average molecular weight is 446 g/mol. The summed E-state index contributed by atoms with van der Waals surface area (Å²) in [5.41, 5.74) is 6.17. The molecule has 1 aliphatic heterocycles. The number of anilines is 2. The number of amides is 2. The van der Waals surface area contributed by atoms with Gasteiger partial charge in [-0.1, -0.05) is 31.5 Å². The van der Waals surface area contributed by atoms with E-state index in [1.165, 1.54) is 0 Å². The third kappa shape index (κ3) is 4.54. The molecule has 172 valence electrons. The fraction of sp³-hybridized carbons (Fsp3) is 0.346. The van der Waals surface area contributed by atoms with E-state index < -0.39 is 0 Å². The van der Waals surface area contributed by atoms with Gasteiger partial charge in [0.15, 0.2) is 0 Å². The molecule has 33 heavy (non-hydrogen) atoms. The van der Waals surface area contributed by atoms with E-state index in [-0.39, 0.29) is 24.4 Å². The normalized spacial score (nSPS) is 13.4. The summed E-state index contributed by atoms with van der Waals surface area (Å²) < 4.78 is 1.77. The maximum absolute atomic E-state index is 13.6. The number of carbonyl (C=O) groups is 2. The van der Waals surface area contributed by atoms with E-state index >= 15 is 0 Å². The minimum Gasteiger partial charge on any atom is -0.314 e. The van der Waals surface area contributed by atoms with Crippen molar-refractivity contribution in [2.75, 3.05) is 29.9 Å². The number of hydrogen-bond donors (Lipinski definition) is 1. The lowest BCUT2D eigenvalue weighted by Crippen LogP contribution is -2.39. The highest BCUT2D eigenvalue weighted by molar-refractivity contribution is 6.07. The summed E-state index contributed by atoms with van der Waals surface area (Å²) in [7, 11) is 1.76. The molecule has 4 rings (SSSR count). The van der Waals surface area contributed by atoms with Gasteiger partial charge in [0.1, 0.15) is 5.69 Å². The van der Waals surface area contributed by atoms with Gasteiger partial charge in [0.25, 0.3) is 5.91 Å². The van der Waals surface area contributed by atoms with Gasteiger partial charge in [0.05, 0.1) is 17.9 Å². The van der Waals surface area contributed by atoms with Crippen LogP contribution in [0.1, 0.15) is 41.2 Å². The predicted octanol–water partition coefficient (Wildman–Crippen LogP) is 3.65. The summed E-state index contributed by atoms with van der Waals surface area (Å²) in [5, 5.41) is 7.82. The first-order valence-corrected chi connectivity index (χ1v) is 11.3. The van der Waals surface area contributed by atoms with Crippen molar-refractivity contribution in [3.8, 4) is 5.69 Å². The van der Waals surface area contributed by atoms with Crippen LogP contribution in [0.25, 0.3) is 5.69 Å². The third-order valence-corrected chi connectivity index (χ3v) is 6.08. The largest absolute Gasteiger partial charge is 0.314 e. The Bertz CT molecular complexity index is 1160. The fourth-order valence-electron chi connectivity index (χ4n) is 4.06. The summed E-state index contributed by atoms with van der Waals surface area (Å²) in [6.45, 7) is 8.90. The van der Waals surface area contributed by atoms with Crippen LogP contribution in [-0.2, 0) is 11.2 Å². The number of nitrogens with one attached hydrogen (secondary N) is 1. The summed E-state index contributed by atoms with van der Waals surface area (Å²) in [6.07, 6.45) is 0.750. The fourth-order valence-corrected chi connectivity index (χ4v) is 4.06. The van der Waals surface area contributed by atoms with E-state index in [2.05, 4.69) is 10.4 Å². The molecular formula is C26H31N5O2. The highest BCUT2D eigenvalue weighted by atomic mass is 16.2. The van der Waals surface area contributed by atoms with Gasteiger partial charge >= 0.3 is 0 Å². The first kappa shape index (κ1) is 22.7. The molecular weight excluding hydrogens is 414 g/mol. The van der Waals surface area contributed by atoms with Crippen molar-refractivity contribution >= 4 is 23.2 Å². The number of benzene rings is 2. The number of rotatable bonds is 6. The zero-order valence-corrected chi connectivity index (χ0v) is 19.9. The standard InChI is InChI=1S/C26H31N5O2/c1-17(2)27-16-24(32)29(5)20-10-12-21(13-11-20)30-15-14-23-19(4)28-31(25(23)26(30)33)22-8-6-18(3)7-9-22/h6-13,17,27H,14-16H2,1-5H3. The van der Waals surface area contributed by atoms with E-state index in [0.717, 1.165) is 40.3 Å². The number of carbonyl (C=O) groups excluding carboxylic acids is 2. The van der Waals surface area contributed by atoms with E-state index in [0.29, 0.717) is 12.2 Å². The van der Waals surface area contributed by atoms with Gasteiger partial charge in [-0.05, 0) is 56.7 Å². The second-order valence-electron chi connectivity index (χ2n) is 8.87. The number of aryl methyl sites for hydroxylation is 2.